The molecule has 1 aromatic heterocycles. The van der Waals surface area contributed by atoms with Gasteiger partial charge < -0.3 is 5.32 Å². The van der Waals surface area contributed by atoms with Gasteiger partial charge in [-0.1, -0.05) is 61.5 Å². The van der Waals surface area contributed by atoms with Gasteiger partial charge in [-0.25, -0.2) is 0 Å². The molecule has 2 aromatic carbocycles. The van der Waals surface area contributed by atoms with Crippen molar-refractivity contribution in [3.05, 3.63) is 71.3 Å². The van der Waals surface area contributed by atoms with Crippen LogP contribution in [0.3, 0.4) is 0 Å². The molecule has 156 valence electrons. The quantitative estimate of drug-likeness (QED) is 0.345. The summed E-state index contributed by atoms with van der Waals surface area (Å²) >= 11 is 7.36. The molecular formula is C23H25ClN4OS. The van der Waals surface area contributed by atoms with Crippen molar-refractivity contribution < 1.29 is 4.79 Å². The molecule has 30 heavy (non-hydrogen) atoms. The van der Waals surface area contributed by atoms with Crippen LogP contribution >= 0.6 is 23.4 Å². The lowest BCUT2D eigenvalue weighted by Gasteiger charge is -2.14. The van der Waals surface area contributed by atoms with Crippen LogP contribution in [0.5, 0.6) is 0 Å². The lowest BCUT2D eigenvalue weighted by atomic mass is 10.0. The Morgan fingerprint density at radius 1 is 1.13 bits per heavy atom. The first-order valence-electron chi connectivity index (χ1n) is 9.90. The molecule has 0 aliphatic carbocycles. The van der Waals surface area contributed by atoms with E-state index in [1.165, 1.54) is 11.8 Å². The first kappa shape index (κ1) is 22.1. The Morgan fingerprint density at radius 3 is 2.40 bits per heavy atom. The number of amides is 1. The van der Waals surface area contributed by atoms with Gasteiger partial charge in [0.2, 0.25) is 5.91 Å². The van der Waals surface area contributed by atoms with Crippen LogP contribution in [0, 0.1) is 0 Å². The number of hydrogen-bond donors (Lipinski definition) is 1. The second-order valence-electron chi connectivity index (χ2n) is 6.71. The minimum absolute atomic E-state index is 0.0585. The highest BCUT2D eigenvalue weighted by Gasteiger charge is 2.16. The van der Waals surface area contributed by atoms with Gasteiger partial charge in [-0.15, -0.1) is 16.8 Å². The van der Waals surface area contributed by atoms with Gasteiger partial charge in [0, 0.05) is 22.8 Å². The molecule has 0 saturated heterocycles. The fourth-order valence-electron chi connectivity index (χ4n) is 3.21. The summed E-state index contributed by atoms with van der Waals surface area (Å²) in [6, 6.07) is 13.6. The molecule has 1 amide bonds. The molecule has 0 saturated carbocycles. The van der Waals surface area contributed by atoms with Gasteiger partial charge in [-0.05, 0) is 48.2 Å². The number of hydrogen-bond acceptors (Lipinski definition) is 4. The molecular weight excluding hydrogens is 416 g/mol. The first-order chi connectivity index (χ1) is 14.6. The molecule has 0 radical (unpaired) electrons. The van der Waals surface area contributed by atoms with Crippen molar-refractivity contribution in [2.24, 2.45) is 0 Å². The maximum atomic E-state index is 12.7. The summed E-state index contributed by atoms with van der Waals surface area (Å²) in [5.74, 6) is 0.910. The topological polar surface area (TPSA) is 59.8 Å². The number of aromatic nitrogens is 3. The van der Waals surface area contributed by atoms with E-state index in [9.17, 15) is 4.79 Å². The number of rotatable bonds is 9. The van der Waals surface area contributed by atoms with Crippen LogP contribution in [0.15, 0.2) is 60.3 Å². The van der Waals surface area contributed by atoms with E-state index in [-0.39, 0.29) is 11.7 Å². The monoisotopic (exact) mass is 440 g/mol. The molecule has 3 aromatic rings. The van der Waals surface area contributed by atoms with E-state index in [0.29, 0.717) is 16.7 Å². The highest BCUT2D eigenvalue weighted by Crippen LogP contribution is 2.26. The second kappa shape index (κ2) is 10.5. The summed E-state index contributed by atoms with van der Waals surface area (Å²) in [7, 11) is 0. The van der Waals surface area contributed by atoms with Gasteiger partial charge in [0.05, 0.1) is 5.75 Å². The molecule has 5 nitrogen and oxygen atoms in total. The van der Waals surface area contributed by atoms with Crippen LogP contribution in [0.1, 0.15) is 25.0 Å². The number of carbonyl (C=O) groups is 1. The molecule has 0 fully saturated rings. The highest BCUT2D eigenvalue weighted by atomic mass is 35.5. The number of nitrogens with one attached hydrogen (secondary N) is 1. The van der Waals surface area contributed by atoms with Crippen molar-refractivity contribution in [3.8, 4) is 11.4 Å². The number of allylic oxidation sites excluding steroid dienone is 1. The number of aryl methyl sites for hydroxylation is 2. The van der Waals surface area contributed by atoms with Gasteiger partial charge in [-0.2, -0.15) is 0 Å². The molecule has 0 spiro atoms. The zero-order valence-electron chi connectivity index (χ0n) is 17.2. The maximum absolute atomic E-state index is 12.7. The van der Waals surface area contributed by atoms with E-state index < -0.39 is 0 Å². The van der Waals surface area contributed by atoms with Gasteiger partial charge in [-0.3, -0.25) is 9.36 Å². The zero-order valence-corrected chi connectivity index (χ0v) is 18.8. The molecule has 1 heterocycles. The summed E-state index contributed by atoms with van der Waals surface area (Å²) < 4.78 is 1.95. The SMILES string of the molecule is C=CCn1c(SCC(=O)Nc2c(CC)cccc2CC)nnc1-c1ccc(Cl)cc1. The molecule has 1 N–H and O–H groups in total. The molecule has 0 aliphatic rings. The number of thioether (sulfide) groups is 1. The zero-order chi connectivity index (χ0) is 21.5. The summed E-state index contributed by atoms with van der Waals surface area (Å²) in [5, 5.41) is 13.1. The largest absolute Gasteiger partial charge is 0.325 e. The normalized spacial score (nSPS) is 10.8. The fraction of sp³-hybridized carbons (Fsp3) is 0.261. The van der Waals surface area contributed by atoms with E-state index in [1.54, 1.807) is 6.08 Å². The minimum atomic E-state index is -0.0585. The van der Waals surface area contributed by atoms with Crippen molar-refractivity contribution in [1.82, 2.24) is 14.8 Å². The van der Waals surface area contributed by atoms with Crippen LogP contribution in [0.2, 0.25) is 5.02 Å². The Labute approximate surface area is 186 Å². The molecule has 0 unspecified atom stereocenters. The Kier molecular flexibility index (Phi) is 7.71. The Bertz CT molecular complexity index is 1010. The van der Waals surface area contributed by atoms with Gasteiger partial charge in [0.25, 0.3) is 0 Å². The van der Waals surface area contributed by atoms with Crippen LogP contribution in [0.25, 0.3) is 11.4 Å². The molecule has 0 aliphatic heterocycles. The third-order valence-electron chi connectivity index (χ3n) is 4.73. The van der Waals surface area contributed by atoms with Crippen LogP contribution < -0.4 is 5.32 Å². The van der Waals surface area contributed by atoms with Crippen LogP contribution in [-0.2, 0) is 24.2 Å². The number of carbonyl (C=O) groups excluding carboxylic acids is 1. The molecule has 0 bridgehead atoms. The number of benzene rings is 2. The van der Waals surface area contributed by atoms with Gasteiger partial charge in [0.1, 0.15) is 0 Å². The molecule has 0 atom stereocenters. The summed E-state index contributed by atoms with van der Waals surface area (Å²) in [5.41, 5.74) is 4.14. The standard InChI is InChI=1S/C23H25ClN4OS/c1-4-14-28-22(18-10-12-19(24)13-11-18)26-27-23(28)30-15-20(29)25-21-16(5-2)8-7-9-17(21)6-3/h4,7-13H,1,5-6,14-15H2,2-3H3,(H,25,29). The van der Waals surface area contributed by atoms with Crippen LogP contribution in [-0.4, -0.2) is 26.4 Å². The van der Waals surface area contributed by atoms with Gasteiger partial charge >= 0.3 is 0 Å². The smallest absolute Gasteiger partial charge is 0.234 e. The van der Waals surface area contributed by atoms with E-state index in [1.807, 2.05) is 34.9 Å². The average molecular weight is 441 g/mol. The Balaban J connectivity index is 1.75. The lowest BCUT2D eigenvalue weighted by molar-refractivity contribution is -0.113. The molecule has 7 heteroatoms. The van der Waals surface area contributed by atoms with Crippen molar-refractivity contribution >= 4 is 35.0 Å². The van der Waals surface area contributed by atoms with E-state index in [2.05, 4.69) is 48.1 Å². The molecule has 3 rings (SSSR count). The second-order valence-corrected chi connectivity index (χ2v) is 8.09. The van der Waals surface area contributed by atoms with Gasteiger partial charge in [0.15, 0.2) is 11.0 Å². The minimum Gasteiger partial charge on any atom is -0.325 e. The Hall–Kier alpha value is -2.57. The summed E-state index contributed by atoms with van der Waals surface area (Å²) in [6.07, 6.45) is 3.53. The third-order valence-corrected chi connectivity index (χ3v) is 5.95. The predicted octanol–water partition coefficient (Wildman–Crippen LogP) is 5.64. The fourth-order valence-corrected chi connectivity index (χ4v) is 4.08. The predicted molar refractivity (Wildman–Crippen MR) is 125 cm³/mol. The number of nitrogens with zero attached hydrogens (tertiary/aromatic N) is 3. The van der Waals surface area contributed by atoms with Crippen LogP contribution in [0.4, 0.5) is 5.69 Å². The highest BCUT2D eigenvalue weighted by molar-refractivity contribution is 7.99. The lowest BCUT2D eigenvalue weighted by Crippen LogP contribution is -2.17. The number of halogens is 1. The summed E-state index contributed by atoms with van der Waals surface area (Å²) in [4.78, 5) is 12.7. The number of para-hydroxylation sites is 1. The van der Waals surface area contributed by atoms with E-state index >= 15 is 0 Å². The average Bonchev–Trinajstić information content (AvgIpc) is 3.15. The summed E-state index contributed by atoms with van der Waals surface area (Å²) in [6.45, 7) is 8.56. The first-order valence-corrected chi connectivity index (χ1v) is 11.3. The Morgan fingerprint density at radius 2 is 1.80 bits per heavy atom. The van der Waals surface area contributed by atoms with E-state index in [4.69, 9.17) is 11.6 Å². The van der Waals surface area contributed by atoms with Crippen molar-refractivity contribution in [1.29, 1.82) is 0 Å². The third kappa shape index (κ3) is 5.12. The van der Waals surface area contributed by atoms with Crippen molar-refractivity contribution in [2.75, 3.05) is 11.1 Å². The number of anilines is 1. The maximum Gasteiger partial charge on any atom is 0.234 e. The van der Waals surface area contributed by atoms with Crippen molar-refractivity contribution in [3.63, 3.8) is 0 Å². The van der Waals surface area contributed by atoms with E-state index in [0.717, 1.165) is 41.0 Å². The van der Waals surface area contributed by atoms with Crippen molar-refractivity contribution in [2.45, 2.75) is 38.4 Å².